The van der Waals surface area contributed by atoms with Gasteiger partial charge in [0, 0.05) is 21.4 Å². The summed E-state index contributed by atoms with van der Waals surface area (Å²) in [5.74, 6) is -1.19. The smallest absolute Gasteiger partial charge is 0.251 e. The second-order valence-electron chi connectivity index (χ2n) is 7.25. The summed E-state index contributed by atoms with van der Waals surface area (Å²) in [4.78, 5) is 24.8. The molecule has 35 heavy (non-hydrogen) atoms. The maximum atomic E-state index is 13.5. The Hall–Kier alpha value is -3.57. The third-order valence-corrected chi connectivity index (χ3v) is 6.20. The number of amides is 2. The van der Waals surface area contributed by atoms with E-state index in [1.54, 1.807) is 4.57 Å². The van der Waals surface area contributed by atoms with E-state index >= 15 is 0 Å². The number of hydrogen-bond acceptors (Lipinski definition) is 5. The molecule has 1 heterocycles. The average Bonchev–Trinajstić information content (AvgIpc) is 3.26. The molecule has 4 rings (SSSR count). The molecule has 7 nitrogen and oxygen atoms in total. The number of benzene rings is 3. The Bertz CT molecular complexity index is 1350. The SMILES string of the molecule is O=C(CSc1nnc(CNC(=O)c2cccc(F)c2)n1-c1ccc(Br)cc1)Nc1ccc(F)cc1. The quantitative estimate of drug-likeness (QED) is 0.298. The zero-order valence-electron chi connectivity index (χ0n) is 18.0. The summed E-state index contributed by atoms with van der Waals surface area (Å²) in [6.07, 6.45) is 0. The van der Waals surface area contributed by atoms with Crippen LogP contribution in [0.3, 0.4) is 0 Å². The van der Waals surface area contributed by atoms with Gasteiger partial charge in [-0.25, -0.2) is 8.78 Å². The van der Waals surface area contributed by atoms with Crippen molar-refractivity contribution in [2.45, 2.75) is 11.7 Å². The number of anilines is 1. The third-order valence-electron chi connectivity index (χ3n) is 4.74. The Morgan fingerprint density at radius 3 is 2.40 bits per heavy atom. The summed E-state index contributed by atoms with van der Waals surface area (Å²) < 4.78 is 29.1. The van der Waals surface area contributed by atoms with Crippen molar-refractivity contribution in [1.82, 2.24) is 20.1 Å². The summed E-state index contributed by atoms with van der Waals surface area (Å²) in [5.41, 5.74) is 1.40. The second kappa shape index (κ2) is 11.2. The molecule has 2 amide bonds. The first kappa shape index (κ1) is 24.6. The van der Waals surface area contributed by atoms with Crippen LogP contribution in [-0.2, 0) is 11.3 Å². The highest BCUT2D eigenvalue weighted by Crippen LogP contribution is 2.24. The zero-order chi connectivity index (χ0) is 24.8. The van der Waals surface area contributed by atoms with Crippen LogP contribution in [0.2, 0.25) is 0 Å². The first-order chi connectivity index (χ1) is 16.9. The van der Waals surface area contributed by atoms with Gasteiger partial charge in [0.1, 0.15) is 11.6 Å². The number of nitrogens with one attached hydrogen (secondary N) is 2. The minimum atomic E-state index is -0.506. The van der Waals surface area contributed by atoms with Gasteiger partial charge in [-0.05, 0) is 66.7 Å². The van der Waals surface area contributed by atoms with Crippen molar-refractivity contribution in [2.24, 2.45) is 0 Å². The lowest BCUT2D eigenvalue weighted by molar-refractivity contribution is -0.113. The Morgan fingerprint density at radius 2 is 1.69 bits per heavy atom. The zero-order valence-corrected chi connectivity index (χ0v) is 20.4. The fourth-order valence-electron chi connectivity index (χ4n) is 3.11. The molecule has 11 heteroatoms. The van der Waals surface area contributed by atoms with Crippen molar-refractivity contribution in [1.29, 1.82) is 0 Å². The molecule has 0 aliphatic heterocycles. The molecule has 0 atom stereocenters. The Kier molecular flexibility index (Phi) is 7.88. The molecule has 0 fully saturated rings. The molecular weight excluding hydrogens is 540 g/mol. The van der Waals surface area contributed by atoms with E-state index in [1.165, 1.54) is 42.5 Å². The van der Waals surface area contributed by atoms with Crippen molar-refractivity contribution in [3.8, 4) is 5.69 Å². The summed E-state index contributed by atoms with van der Waals surface area (Å²) >= 11 is 4.56. The molecule has 0 saturated heterocycles. The highest BCUT2D eigenvalue weighted by Gasteiger charge is 2.17. The first-order valence-electron chi connectivity index (χ1n) is 10.3. The number of rotatable bonds is 8. The van der Waals surface area contributed by atoms with Crippen LogP contribution in [0.1, 0.15) is 16.2 Å². The normalized spacial score (nSPS) is 10.7. The number of carbonyl (C=O) groups is 2. The molecule has 0 aliphatic carbocycles. The van der Waals surface area contributed by atoms with Crippen LogP contribution in [-0.4, -0.2) is 32.3 Å². The van der Waals surface area contributed by atoms with Gasteiger partial charge in [0.2, 0.25) is 5.91 Å². The minimum absolute atomic E-state index is 0.0285. The maximum absolute atomic E-state index is 13.5. The maximum Gasteiger partial charge on any atom is 0.251 e. The van der Waals surface area contributed by atoms with Crippen molar-refractivity contribution in [3.63, 3.8) is 0 Å². The fourth-order valence-corrected chi connectivity index (χ4v) is 4.14. The molecule has 0 spiro atoms. The van der Waals surface area contributed by atoms with Gasteiger partial charge in [0.25, 0.3) is 5.91 Å². The lowest BCUT2D eigenvalue weighted by atomic mass is 10.2. The van der Waals surface area contributed by atoms with E-state index in [9.17, 15) is 18.4 Å². The van der Waals surface area contributed by atoms with E-state index in [2.05, 4.69) is 36.8 Å². The van der Waals surface area contributed by atoms with Gasteiger partial charge >= 0.3 is 0 Å². The van der Waals surface area contributed by atoms with Crippen LogP contribution in [0.15, 0.2) is 82.4 Å². The molecular formula is C24H18BrF2N5O2S. The van der Waals surface area contributed by atoms with Gasteiger partial charge in [-0.1, -0.05) is 33.8 Å². The first-order valence-corrected chi connectivity index (χ1v) is 12.1. The number of thioether (sulfide) groups is 1. The van der Waals surface area contributed by atoms with E-state index in [0.717, 1.165) is 28.0 Å². The van der Waals surface area contributed by atoms with Crippen LogP contribution in [0.5, 0.6) is 0 Å². The van der Waals surface area contributed by atoms with Crippen LogP contribution in [0.4, 0.5) is 14.5 Å². The Morgan fingerprint density at radius 1 is 0.943 bits per heavy atom. The minimum Gasteiger partial charge on any atom is -0.345 e. The topological polar surface area (TPSA) is 88.9 Å². The standard InChI is InChI=1S/C24H18BrF2N5O2S/c25-16-4-10-20(11-5-16)32-21(13-28-23(34)15-2-1-3-18(27)12-15)30-31-24(32)35-14-22(33)29-19-8-6-17(26)7-9-19/h1-12H,13-14H2,(H,28,34)(H,29,33). The van der Waals surface area contributed by atoms with Crippen molar-refractivity contribution in [2.75, 3.05) is 11.1 Å². The van der Waals surface area contributed by atoms with E-state index in [1.807, 2.05) is 24.3 Å². The molecule has 0 radical (unpaired) electrons. The summed E-state index contributed by atoms with van der Waals surface area (Å²) in [6.45, 7) is 0.0285. The van der Waals surface area contributed by atoms with Crippen LogP contribution in [0, 0.1) is 11.6 Å². The molecule has 0 unspecified atom stereocenters. The molecule has 178 valence electrons. The molecule has 2 N–H and O–H groups in total. The number of aromatic nitrogens is 3. The molecule has 0 aliphatic rings. The van der Waals surface area contributed by atoms with Gasteiger partial charge < -0.3 is 10.6 Å². The second-order valence-corrected chi connectivity index (χ2v) is 9.11. The van der Waals surface area contributed by atoms with Gasteiger partial charge in [-0.3, -0.25) is 14.2 Å². The number of hydrogen-bond donors (Lipinski definition) is 2. The van der Waals surface area contributed by atoms with Crippen molar-refractivity contribution < 1.29 is 18.4 Å². The fraction of sp³-hybridized carbons (Fsp3) is 0.0833. The Balaban J connectivity index is 1.49. The molecule has 0 bridgehead atoms. The number of carbonyl (C=O) groups excluding carboxylic acids is 2. The van der Waals surface area contributed by atoms with Crippen LogP contribution in [0.25, 0.3) is 5.69 Å². The molecule has 3 aromatic carbocycles. The van der Waals surface area contributed by atoms with Crippen LogP contribution >= 0.6 is 27.7 Å². The van der Waals surface area contributed by atoms with Crippen molar-refractivity contribution in [3.05, 3.63) is 100 Å². The third kappa shape index (κ3) is 6.52. The summed E-state index contributed by atoms with van der Waals surface area (Å²) in [6, 6.07) is 18.2. The largest absolute Gasteiger partial charge is 0.345 e. The number of nitrogens with zero attached hydrogens (tertiary/aromatic N) is 3. The monoisotopic (exact) mass is 557 g/mol. The lowest BCUT2D eigenvalue weighted by Gasteiger charge is -2.11. The number of halogens is 3. The molecule has 1 aromatic heterocycles. The van der Waals surface area contributed by atoms with Crippen molar-refractivity contribution >= 4 is 45.2 Å². The lowest BCUT2D eigenvalue weighted by Crippen LogP contribution is -2.24. The average molecular weight is 558 g/mol. The van der Waals surface area contributed by atoms with Crippen LogP contribution < -0.4 is 10.6 Å². The summed E-state index contributed by atoms with van der Waals surface area (Å²) in [7, 11) is 0. The van der Waals surface area contributed by atoms with Gasteiger partial charge in [-0.2, -0.15) is 0 Å². The van der Waals surface area contributed by atoms with Gasteiger partial charge in [0.05, 0.1) is 12.3 Å². The summed E-state index contributed by atoms with van der Waals surface area (Å²) in [5, 5.41) is 14.2. The van der Waals surface area contributed by atoms with E-state index < -0.39 is 17.5 Å². The highest BCUT2D eigenvalue weighted by atomic mass is 79.9. The molecule has 0 saturated carbocycles. The van der Waals surface area contributed by atoms with E-state index in [-0.39, 0.29) is 23.8 Å². The van der Waals surface area contributed by atoms with Gasteiger partial charge in [0.15, 0.2) is 11.0 Å². The van der Waals surface area contributed by atoms with Gasteiger partial charge in [-0.15, -0.1) is 10.2 Å². The Labute approximate surface area is 212 Å². The van der Waals surface area contributed by atoms with E-state index in [0.29, 0.717) is 16.7 Å². The van der Waals surface area contributed by atoms with E-state index in [4.69, 9.17) is 0 Å². The highest BCUT2D eigenvalue weighted by molar-refractivity contribution is 9.10. The predicted molar refractivity (Wildman–Crippen MR) is 132 cm³/mol. The predicted octanol–water partition coefficient (Wildman–Crippen LogP) is 4.97. The molecule has 4 aromatic rings.